The number of anilines is 1. The van der Waals surface area contributed by atoms with Crippen LogP contribution in [0.15, 0.2) is 82.0 Å². The zero-order valence-electron chi connectivity index (χ0n) is 16.6. The van der Waals surface area contributed by atoms with E-state index in [0.29, 0.717) is 22.3 Å². The number of nitrogens with zero attached hydrogens (tertiary/aromatic N) is 1. The van der Waals surface area contributed by atoms with E-state index in [-0.39, 0.29) is 17.1 Å². The van der Waals surface area contributed by atoms with Crippen molar-refractivity contribution in [3.8, 4) is 5.75 Å². The van der Waals surface area contributed by atoms with E-state index in [1.807, 2.05) is 55.5 Å². The second kappa shape index (κ2) is 6.88. The Morgan fingerprint density at radius 2 is 1.70 bits per heavy atom. The van der Waals surface area contributed by atoms with E-state index in [9.17, 15) is 9.59 Å². The molecule has 1 aromatic heterocycles. The van der Waals surface area contributed by atoms with Gasteiger partial charge in [0.1, 0.15) is 11.3 Å². The second-order valence-corrected chi connectivity index (χ2v) is 7.36. The van der Waals surface area contributed by atoms with Gasteiger partial charge in [-0.15, -0.1) is 0 Å². The van der Waals surface area contributed by atoms with Crippen molar-refractivity contribution in [3.63, 3.8) is 0 Å². The van der Waals surface area contributed by atoms with Gasteiger partial charge in [-0.05, 0) is 54.4 Å². The number of amides is 1. The molecule has 0 fully saturated rings. The van der Waals surface area contributed by atoms with Crippen LogP contribution in [0.1, 0.15) is 33.3 Å². The molecule has 0 bridgehead atoms. The molecule has 1 atom stereocenters. The summed E-state index contributed by atoms with van der Waals surface area (Å²) in [5.74, 6) is 0.483. The van der Waals surface area contributed by atoms with E-state index in [2.05, 4.69) is 0 Å². The number of rotatable bonds is 3. The first-order chi connectivity index (χ1) is 14.6. The number of methoxy groups -OCH3 is 1. The molecule has 0 N–H and O–H groups in total. The van der Waals surface area contributed by atoms with Crippen LogP contribution in [-0.2, 0) is 0 Å². The summed E-state index contributed by atoms with van der Waals surface area (Å²) in [6.45, 7) is 1.97. The number of fused-ring (bicyclic) bond motifs is 2. The van der Waals surface area contributed by atoms with E-state index in [4.69, 9.17) is 9.15 Å². The van der Waals surface area contributed by atoms with Gasteiger partial charge >= 0.3 is 0 Å². The number of ether oxygens (including phenoxy) is 1. The molecule has 0 saturated heterocycles. The van der Waals surface area contributed by atoms with Crippen LogP contribution in [0, 0.1) is 6.92 Å². The van der Waals surface area contributed by atoms with Gasteiger partial charge < -0.3 is 9.15 Å². The van der Waals surface area contributed by atoms with Gasteiger partial charge in [0, 0.05) is 5.69 Å². The van der Waals surface area contributed by atoms with Gasteiger partial charge in [-0.2, -0.15) is 0 Å². The molecule has 1 aliphatic rings. The zero-order chi connectivity index (χ0) is 20.8. The van der Waals surface area contributed by atoms with Gasteiger partial charge in [-0.3, -0.25) is 14.5 Å². The van der Waals surface area contributed by atoms with E-state index in [1.165, 1.54) is 0 Å². The first-order valence-corrected chi connectivity index (χ1v) is 9.68. The standard InChI is InChI=1S/C25H19NO4/c1-15-6-5-7-17(14-15)26-22(16-10-12-18(29-2)13-11-16)21-23(27)19-8-3-4-9-20(19)30-24(21)25(26)28/h3-14,22H,1-2H3. The molecule has 5 nitrogen and oxygen atoms in total. The SMILES string of the molecule is COc1ccc(C2c3c(oc4ccccc4c3=O)C(=O)N2c2cccc(C)c2)cc1. The molecule has 0 saturated carbocycles. The van der Waals surface area contributed by atoms with E-state index >= 15 is 0 Å². The van der Waals surface area contributed by atoms with Crippen molar-refractivity contribution in [1.82, 2.24) is 0 Å². The largest absolute Gasteiger partial charge is 0.497 e. The average Bonchev–Trinajstić information content (AvgIpc) is 3.06. The number of para-hydroxylation sites is 1. The van der Waals surface area contributed by atoms with Gasteiger partial charge in [0.2, 0.25) is 5.76 Å². The molecule has 5 heteroatoms. The fourth-order valence-electron chi connectivity index (χ4n) is 4.07. The molecule has 4 aromatic rings. The normalized spacial score (nSPS) is 15.5. The third-order valence-corrected chi connectivity index (χ3v) is 5.49. The van der Waals surface area contributed by atoms with Crippen LogP contribution in [0.5, 0.6) is 5.75 Å². The number of aryl methyl sites for hydroxylation is 1. The Kier molecular flexibility index (Phi) is 4.17. The monoisotopic (exact) mass is 397 g/mol. The molecule has 0 aliphatic carbocycles. The second-order valence-electron chi connectivity index (χ2n) is 7.36. The fourth-order valence-corrected chi connectivity index (χ4v) is 4.07. The number of hydrogen-bond donors (Lipinski definition) is 0. The summed E-state index contributed by atoms with van der Waals surface area (Å²) in [6.07, 6.45) is 0. The minimum absolute atomic E-state index is 0.0982. The molecule has 1 amide bonds. The zero-order valence-corrected chi connectivity index (χ0v) is 16.6. The molecule has 2 heterocycles. The predicted octanol–water partition coefficient (Wildman–Crippen LogP) is 4.86. The van der Waals surface area contributed by atoms with Crippen LogP contribution in [0.25, 0.3) is 11.0 Å². The van der Waals surface area contributed by atoms with Crippen molar-refractivity contribution in [2.24, 2.45) is 0 Å². The molecule has 0 radical (unpaired) electrons. The Hall–Kier alpha value is -3.86. The third-order valence-electron chi connectivity index (χ3n) is 5.49. The van der Waals surface area contributed by atoms with E-state index in [0.717, 1.165) is 16.8 Å². The van der Waals surface area contributed by atoms with Crippen LogP contribution in [0.4, 0.5) is 5.69 Å². The Morgan fingerprint density at radius 3 is 2.43 bits per heavy atom. The highest BCUT2D eigenvalue weighted by Crippen LogP contribution is 2.41. The number of benzene rings is 3. The maximum atomic E-state index is 13.5. The van der Waals surface area contributed by atoms with Gasteiger partial charge in [-0.1, -0.05) is 36.4 Å². The summed E-state index contributed by atoms with van der Waals surface area (Å²) in [6, 6.07) is 21.5. The lowest BCUT2D eigenvalue weighted by molar-refractivity contribution is 0.0971. The van der Waals surface area contributed by atoms with E-state index < -0.39 is 6.04 Å². The molecule has 5 rings (SSSR count). The Labute approximate surface area is 173 Å². The van der Waals surface area contributed by atoms with Crippen molar-refractivity contribution in [2.75, 3.05) is 12.0 Å². The van der Waals surface area contributed by atoms with Crippen LogP contribution < -0.4 is 15.1 Å². The topological polar surface area (TPSA) is 59.8 Å². The quantitative estimate of drug-likeness (QED) is 0.495. The Bertz CT molecular complexity index is 1340. The number of carbonyl (C=O) groups is 1. The summed E-state index contributed by atoms with van der Waals surface area (Å²) < 4.78 is 11.2. The molecular weight excluding hydrogens is 378 g/mol. The number of carbonyl (C=O) groups excluding carboxylic acids is 1. The summed E-state index contributed by atoms with van der Waals surface area (Å²) in [7, 11) is 1.60. The van der Waals surface area contributed by atoms with Crippen molar-refractivity contribution >= 4 is 22.6 Å². The molecule has 1 unspecified atom stereocenters. The van der Waals surface area contributed by atoms with Crippen LogP contribution in [-0.4, -0.2) is 13.0 Å². The van der Waals surface area contributed by atoms with Crippen molar-refractivity contribution in [3.05, 3.63) is 105 Å². The van der Waals surface area contributed by atoms with Crippen molar-refractivity contribution in [2.45, 2.75) is 13.0 Å². The summed E-state index contributed by atoms with van der Waals surface area (Å²) in [4.78, 5) is 28.6. The fraction of sp³-hybridized carbons (Fsp3) is 0.120. The van der Waals surface area contributed by atoms with Crippen molar-refractivity contribution < 1.29 is 13.9 Å². The lowest BCUT2D eigenvalue weighted by Crippen LogP contribution is -2.29. The van der Waals surface area contributed by atoms with Gasteiger partial charge in [0.05, 0.1) is 24.1 Å². The molecule has 3 aromatic carbocycles. The highest BCUT2D eigenvalue weighted by Gasteiger charge is 2.43. The minimum atomic E-state index is -0.582. The predicted molar refractivity (Wildman–Crippen MR) is 115 cm³/mol. The van der Waals surface area contributed by atoms with Crippen LogP contribution in [0.3, 0.4) is 0 Å². The first kappa shape index (κ1) is 18.2. The maximum Gasteiger partial charge on any atom is 0.295 e. The van der Waals surface area contributed by atoms with Crippen molar-refractivity contribution in [1.29, 1.82) is 0 Å². The van der Waals surface area contributed by atoms with Gasteiger partial charge in [0.25, 0.3) is 5.91 Å². The van der Waals surface area contributed by atoms with Gasteiger partial charge in [-0.25, -0.2) is 0 Å². The Balaban J connectivity index is 1.80. The molecule has 1 aliphatic heterocycles. The smallest absolute Gasteiger partial charge is 0.295 e. The van der Waals surface area contributed by atoms with Gasteiger partial charge in [0.15, 0.2) is 5.43 Å². The van der Waals surface area contributed by atoms with E-state index in [1.54, 1.807) is 36.3 Å². The Morgan fingerprint density at radius 1 is 0.933 bits per heavy atom. The first-order valence-electron chi connectivity index (χ1n) is 9.68. The highest BCUT2D eigenvalue weighted by molar-refractivity contribution is 6.10. The summed E-state index contributed by atoms with van der Waals surface area (Å²) >= 11 is 0. The lowest BCUT2D eigenvalue weighted by atomic mass is 9.98. The lowest BCUT2D eigenvalue weighted by Gasteiger charge is -2.25. The maximum absolute atomic E-state index is 13.5. The highest BCUT2D eigenvalue weighted by atomic mass is 16.5. The third kappa shape index (κ3) is 2.70. The average molecular weight is 397 g/mol. The molecular formula is C25H19NO4. The van der Waals surface area contributed by atoms with Crippen LogP contribution >= 0.6 is 0 Å². The number of hydrogen-bond acceptors (Lipinski definition) is 4. The summed E-state index contributed by atoms with van der Waals surface area (Å²) in [5, 5.41) is 0.466. The minimum Gasteiger partial charge on any atom is -0.497 e. The summed E-state index contributed by atoms with van der Waals surface area (Å²) in [5.41, 5.74) is 3.15. The molecule has 148 valence electrons. The molecule has 30 heavy (non-hydrogen) atoms. The van der Waals surface area contributed by atoms with Crippen LogP contribution in [0.2, 0.25) is 0 Å². The molecule has 0 spiro atoms.